The third-order valence-corrected chi connectivity index (χ3v) is 7.24. The summed E-state index contributed by atoms with van der Waals surface area (Å²) in [6.07, 6.45) is 5.68. The smallest absolute Gasteiger partial charge is 0.255 e. The summed E-state index contributed by atoms with van der Waals surface area (Å²) in [4.78, 5) is 37.8. The SMILES string of the molecule is Nc1ncnc2c1ncn2[C@@H]1O[C@H](/C=C/CNC(=O)c2cc(C(=O)C3CCCCC3)cc(O)c2O)[C@H](O)C1O. The number of anilines is 1. The molecule has 13 nitrogen and oxygen atoms in total. The molecule has 4 atom stereocenters. The van der Waals surface area contributed by atoms with Gasteiger partial charge >= 0.3 is 0 Å². The van der Waals surface area contributed by atoms with Crippen molar-refractivity contribution in [3.05, 3.63) is 48.1 Å². The molecule has 7 N–H and O–H groups in total. The van der Waals surface area contributed by atoms with Gasteiger partial charge in [0.15, 0.2) is 35.0 Å². The summed E-state index contributed by atoms with van der Waals surface area (Å²) < 4.78 is 7.27. The minimum Gasteiger partial charge on any atom is -0.504 e. The van der Waals surface area contributed by atoms with Gasteiger partial charge in [-0.15, -0.1) is 0 Å². The average Bonchev–Trinajstić information content (AvgIpc) is 3.49. The van der Waals surface area contributed by atoms with Gasteiger partial charge in [-0.3, -0.25) is 14.2 Å². The van der Waals surface area contributed by atoms with Crippen LogP contribution in [0.15, 0.2) is 36.9 Å². The van der Waals surface area contributed by atoms with Crippen LogP contribution in [0, 0.1) is 5.92 Å². The molecule has 2 aliphatic rings. The van der Waals surface area contributed by atoms with E-state index in [-0.39, 0.29) is 35.2 Å². The number of amides is 1. The van der Waals surface area contributed by atoms with Crippen LogP contribution in [0.2, 0.25) is 0 Å². The van der Waals surface area contributed by atoms with E-state index < -0.39 is 41.9 Å². The van der Waals surface area contributed by atoms with Gasteiger partial charge in [-0.2, -0.15) is 0 Å². The standard InChI is InChI=1S/C26H30N6O7/c27-23-18-24(30-11-29-23)32(12-31-18)26-22(37)21(36)17(39-26)7-4-8-28-25(38)15-9-14(10-16(33)20(15)35)19(34)13-5-2-1-3-6-13/h4,7,9-13,17,21-22,26,33,35-37H,1-3,5-6,8H2,(H,28,38)(H2,27,29,30)/b7-4+/t17-,21+,22?,26-/m1/s1. The van der Waals surface area contributed by atoms with Crippen molar-refractivity contribution in [2.75, 3.05) is 12.3 Å². The summed E-state index contributed by atoms with van der Waals surface area (Å²) in [5, 5.41) is 44.0. The highest BCUT2D eigenvalue weighted by atomic mass is 16.6. The Morgan fingerprint density at radius 3 is 2.64 bits per heavy atom. The Kier molecular flexibility index (Phi) is 7.46. The number of hydrogen-bond acceptors (Lipinski definition) is 11. The number of aliphatic hydroxyl groups excluding tert-OH is 2. The van der Waals surface area contributed by atoms with E-state index in [0.29, 0.717) is 11.2 Å². The molecule has 1 aliphatic carbocycles. The Hall–Kier alpha value is -4.07. The maximum Gasteiger partial charge on any atom is 0.255 e. The number of imidazole rings is 1. The number of ether oxygens (including phenoxy) is 1. The number of rotatable bonds is 7. The molecule has 1 aliphatic heterocycles. The van der Waals surface area contributed by atoms with Gasteiger partial charge in [0.1, 0.15) is 30.2 Å². The van der Waals surface area contributed by atoms with E-state index in [9.17, 15) is 30.0 Å². The first-order chi connectivity index (χ1) is 18.8. The zero-order valence-electron chi connectivity index (χ0n) is 21.0. The van der Waals surface area contributed by atoms with Crippen LogP contribution in [-0.2, 0) is 4.74 Å². The fourth-order valence-electron chi connectivity index (χ4n) is 5.11. The molecule has 206 valence electrons. The topological polar surface area (TPSA) is 206 Å². The van der Waals surface area contributed by atoms with Crippen molar-refractivity contribution in [2.45, 2.75) is 56.6 Å². The number of benzene rings is 1. The molecule has 39 heavy (non-hydrogen) atoms. The van der Waals surface area contributed by atoms with Gasteiger partial charge in [0.25, 0.3) is 5.91 Å². The molecule has 2 fully saturated rings. The summed E-state index contributed by atoms with van der Waals surface area (Å²) in [5.41, 5.74) is 6.44. The Bertz CT molecular complexity index is 1420. The van der Waals surface area contributed by atoms with Crippen molar-refractivity contribution >= 4 is 28.7 Å². The van der Waals surface area contributed by atoms with E-state index in [1.165, 1.54) is 41.5 Å². The molecule has 1 amide bonds. The first-order valence-corrected chi connectivity index (χ1v) is 12.8. The lowest BCUT2D eigenvalue weighted by molar-refractivity contribution is -0.0245. The second-order valence-electron chi connectivity index (χ2n) is 9.78. The summed E-state index contributed by atoms with van der Waals surface area (Å²) >= 11 is 0. The number of carbonyl (C=O) groups is 2. The van der Waals surface area contributed by atoms with Crippen LogP contribution in [0.4, 0.5) is 5.82 Å². The van der Waals surface area contributed by atoms with Crippen LogP contribution in [0.1, 0.15) is 59.0 Å². The quantitative estimate of drug-likeness (QED) is 0.143. The highest BCUT2D eigenvalue weighted by molar-refractivity contribution is 6.04. The normalized spacial score (nSPS) is 23.9. The number of aromatic hydroxyl groups is 2. The number of ketones is 1. The molecule has 0 bridgehead atoms. The molecule has 3 aromatic rings. The first kappa shape index (κ1) is 26.5. The van der Waals surface area contributed by atoms with Gasteiger partial charge in [-0.25, -0.2) is 15.0 Å². The van der Waals surface area contributed by atoms with Gasteiger partial charge < -0.3 is 36.2 Å². The van der Waals surface area contributed by atoms with E-state index in [4.69, 9.17) is 10.5 Å². The van der Waals surface area contributed by atoms with Crippen molar-refractivity contribution in [3.8, 4) is 11.5 Å². The van der Waals surface area contributed by atoms with Crippen LogP contribution in [0.3, 0.4) is 0 Å². The Morgan fingerprint density at radius 2 is 1.87 bits per heavy atom. The molecule has 1 unspecified atom stereocenters. The zero-order valence-corrected chi connectivity index (χ0v) is 21.0. The number of aromatic nitrogens is 4. The number of aliphatic hydroxyl groups is 2. The predicted molar refractivity (Wildman–Crippen MR) is 138 cm³/mol. The first-order valence-electron chi connectivity index (χ1n) is 12.8. The predicted octanol–water partition coefficient (Wildman–Crippen LogP) is 1.19. The van der Waals surface area contributed by atoms with Crippen molar-refractivity contribution in [2.24, 2.45) is 5.92 Å². The van der Waals surface area contributed by atoms with Crippen molar-refractivity contribution in [1.82, 2.24) is 24.8 Å². The largest absolute Gasteiger partial charge is 0.504 e. The van der Waals surface area contributed by atoms with Gasteiger partial charge in [-0.1, -0.05) is 31.4 Å². The number of Topliss-reactive ketones (excluding diaryl/α,β-unsaturated/α-hetero) is 1. The molecule has 0 spiro atoms. The Labute approximate surface area is 223 Å². The van der Waals surface area contributed by atoms with Gasteiger partial charge in [-0.05, 0) is 25.0 Å². The third kappa shape index (κ3) is 5.15. The summed E-state index contributed by atoms with van der Waals surface area (Å²) in [5.74, 6) is -2.00. The van der Waals surface area contributed by atoms with E-state index >= 15 is 0 Å². The highest BCUT2D eigenvalue weighted by Gasteiger charge is 2.43. The lowest BCUT2D eigenvalue weighted by Crippen LogP contribution is -2.31. The number of fused-ring (bicyclic) bond motifs is 1. The van der Waals surface area contributed by atoms with Crippen molar-refractivity contribution in [1.29, 1.82) is 0 Å². The second-order valence-corrected chi connectivity index (χ2v) is 9.78. The number of nitrogens with one attached hydrogen (secondary N) is 1. The van der Waals surface area contributed by atoms with E-state index in [1.807, 2.05) is 0 Å². The fraction of sp³-hybridized carbons (Fsp3) is 0.423. The van der Waals surface area contributed by atoms with Crippen LogP contribution >= 0.6 is 0 Å². The monoisotopic (exact) mass is 538 g/mol. The number of carbonyl (C=O) groups excluding carboxylic acids is 2. The summed E-state index contributed by atoms with van der Waals surface area (Å²) in [7, 11) is 0. The molecule has 13 heteroatoms. The van der Waals surface area contributed by atoms with Crippen molar-refractivity contribution in [3.63, 3.8) is 0 Å². The Morgan fingerprint density at radius 1 is 1.10 bits per heavy atom. The lowest BCUT2D eigenvalue weighted by Gasteiger charge is -2.20. The molecule has 1 aromatic carbocycles. The number of nitrogens with two attached hydrogens (primary N) is 1. The maximum atomic E-state index is 12.9. The molecular weight excluding hydrogens is 508 g/mol. The van der Waals surface area contributed by atoms with Crippen LogP contribution in [-0.4, -0.2) is 76.5 Å². The number of nitrogens with zero attached hydrogens (tertiary/aromatic N) is 4. The molecule has 0 radical (unpaired) electrons. The minimum atomic E-state index is -1.30. The second kappa shape index (κ2) is 11.0. The van der Waals surface area contributed by atoms with Crippen LogP contribution in [0.25, 0.3) is 11.2 Å². The minimum absolute atomic E-state index is 0.0229. The summed E-state index contributed by atoms with van der Waals surface area (Å²) in [6, 6.07) is 2.48. The third-order valence-electron chi connectivity index (χ3n) is 7.24. The van der Waals surface area contributed by atoms with Gasteiger partial charge in [0.2, 0.25) is 0 Å². The number of phenolic OH excluding ortho intramolecular Hbond substituents is 2. The molecule has 3 heterocycles. The maximum absolute atomic E-state index is 12.9. The lowest BCUT2D eigenvalue weighted by atomic mass is 9.83. The molecular formula is C26H30N6O7. The average molecular weight is 539 g/mol. The van der Waals surface area contributed by atoms with E-state index in [0.717, 1.165) is 32.1 Å². The fourth-order valence-corrected chi connectivity index (χ4v) is 5.11. The summed E-state index contributed by atoms with van der Waals surface area (Å²) in [6.45, 7) is -0.0229. The van der Waals surface area contributed by atoms with E-state index in [2.05, 4.69) is 20.3 Å². The Balaban J connectivity index is 1.23. The number of nitrogen functional groups attached to an aromatic ring is 1. The highest BCUT2D eigenvalue weighted by Crippen LogP contribution is 2.34. The van der Waals surface area contributed by atoms with Crippen molar-refractivity contribution < 1.29 is 34.8 Å². The van der Waals surface area contributed by atoms with Gasteiger partial charge in [0.05, 0.1) is 11.9 Å². The molecule has 1 saturated carbocycles. The number of phenols is 2. The van der Waals surface area contributed by atoms with E-state index in [1.54, 1.807) is 0 Å². The zero-order chi connectivity index (χ0) is 27.7. The molecule has 5 rings (SSSR count). The van der Waals surface area contributed by atoms with Gasteiger partial charge in [0, 0.05) is 18.0 Å². The molecule has 2 aromatic heterocycles. The number of hydrogen-bond donors (Lipinski definition) is 6. The van der Waals surface area contributed by atoms with Crippen LogP contribution in [0.5, 0.6) is 11.5 Å². The van der Waals surface area contributed by atoms with Crippen LogP contribution < -0.4 is 11.1 Å². The molecule has 1 saturated heterocycles.